The molecule has 0 atom stereocenters. The lowest BCUT2D eigenvalue weighted by atomic mass is 9.81. The van der Waals surface area contributed by atoms with Crippen LogP contribution in [0.2, 0.25) is 0 Å². The van der Waals surface area contributed by atoms with Crippen molar-refractivity contribution in [1.29, 1.82) is 0 Å². The Hall–Kier alpha value is 0.310. The molecule has 1 saturated heterocycles. The Labute approximate surface area is 106 Å². The van der Waals surface area contributed by atoms with Crippen molar-refractivity contribution >= 4 is 12.6 Å². The Balaban J connectivity index is 1.86. The molecule has 0 spiro atoms. The fraction of sp³-hybridized carbons (Fsp3) is 1.00. The summed E-state index contributed by atoms with van der Waals surface area (Å²) >= 11 is 4.61. The van der Waals surface area contributed by atoms with Crippen molar-refractivity contribution in [1.82, 2.24) is 4.90 Å². The molecule has 16 heavy (non-hydrogen) atoms. The maximum atomic E-state index is 4.61. The van der Waals surface area contributed by atoms with Gasteiger partial charge in [-0.25, -0.2) is 0 Å². The third-order valence-electron chi connectivity index (χ3n) is 4.77. The first kappa shape index (κ1) is 12.8. The first-order chi connectivity index (χ1) is 7.55. The predicted octanol–water partition coefficient (Wildman–Crippen LogP) is 3.60. The molecule has 1 saturated carbocycles. The van der Waals surface area contributed by atoms with Gasteiger partial charge in [0.2, 0.25) is 0 Å². The van der Waals surface area contributed by atoms with E-state index in [1.54, 1.807) is 0 Å². The van der Waals surface area contributed by atoms with Gasteiger partial charge in [-0.1, -0.05) is 26.7 Å². The van der Waals surface area contributed by atoms with E-state index in [1.165, 1.54) is 58.2 Å². The molecule has 0 bridgehead atoms. The van der Waals surface area contributed by atoms with E-state index in [0.29, 0.717) is 10.8 Å². The average molecular weight is 241 g/mol. The van der Waals surface area contributed by atoms with Gasteiger partial charge in [-0.15, -0.1) is 0 Å². The molecule has 2 rings (SSSR count). The van der Waals surface area contributed by atoms with Gasteiger partial charge in [0.25, 0.3) is 0 Å². The van der Waals surface area contributed by atoms with Gasteiger partial charge >= 0.3 is 0 Å². The Morgan fingerprint density at radius 1 is 1.00 bits per heavy atom. The van der Waals surface area contributed by atoms with Crippen LogP contribution in [0.15, 0.2) is 0 Å². The summed E-state index contributed by atoms with van der Waals surface area (Å²) in [6.07, 6.45) is 8.43. The van der Waals surface area contributed by atoms with E-state index in [9.17, 15) is 0 Å². The molecule has 1 aliphatic carbocycles. The van der Waals surface area contributed by atoms with E-state index in [-0.39, 0.29) is 0 Å². The highest BCUT2D eigenvalue weighted by atomic mass is 32.1. The minimum Gasteiger partial charge on any atom is -0.303 e. The van der Waals surface area contributed by atoms with Crippen LogP contribution in [-0.4, -0.2) is 30.3 Å². The van der Waals surface area contributed by atoms with Crippen molar-refractivity contribution in [3.8, 4) is 0 Å². The van der Waals surface area contributed by atoms with Crippen LogP contribution in [0.5, 0.6) is 0 Å². The van der Waals surface area contributed by atoms with E-state index in [2.05, 4.69) is 31.4 Å². The summed E-state index contributed by atoms with van der Waals surface area (Å²) in [5, 5.41) is 0. The molecule has 2 fully saturated rings. The zero-order valence-corrected chi connectivity index (χ0v) is 11.9. The lowest BCUT2D eigenvalue weighted by Gasteiger charge is -2.41. The molecule has 1 aliphatic heterocycles. The standard InChI is InChI=1S/C14H27NS/c1-13(2)7-9-15(10-8-13)11-14(12-16)5-3-4-6-14/h16H,3-12H2,1-2H3. The van der Waals surface area contributed by atoms with Gasteiger partial charge < -0.3 is 4.90 Å². The quantitative estimate of drug-likeness (QED) is 0.739. The van der Waals surface area contributed by atoms with E-state index in [4.69, 9.17) is 0 Å². The van der Waals surface area contributed by atoms with Gasteiger partial charge in [0, 0.05) is 6.54 Å². The summed E-state index contributed by atoms with van der Waals surface area (Å²) in [7, 11) is 0. The number of hydrogen-bond donors (Lipinski definition) is 1. The van der Waals surface area contributed by atoms with Crippen LogP contribution in [-0.2, 0) is 0 Å². The van der Waals surface area contributed by atoms with Crippen LogP contribution in [0.3, 0.4) is 0 Å². The highest BCUT2D eigenvalue weighted by Crippen LogP contribution is 2.41. The van der Waals surface area contributed by atoms with Gasteiger partial charge in [0.1, 0.15) is 0 Å². The number of hydrogen-bond acceptors (Lipinski definition) is 2. The number of rotatable bonds is 3. The van der Waals surface area contributed by atoms with Gasteiger partial charge in [-0.05, 0) is 55.4 Å². The molecule has 0 aromatic heterocycles. The number of likely N-dealkylation sites (tertiary alicyclic amines) is 1. The van der Waals surface area contributed by atoms with E-state index in [1.807, 2.05) is 0 Å². The lowest BCUT2D eigenvalue weighted by Crippen LogP contribution is -2.43. The second-order valence-electron chi connectivity index (χ2n) is 6.81. The van der Waals surface area contributed by atoms with Crippen molar-refractivity contribution in [3.05, 3.63) is 0 Å². The second kappa shape index (κ2) is 4.89. The van der Waals surface area contributed by atoms with Crippen LogP contribution in [0.4, 0.5) is 0 Å². The minimum absolute atomic E-state index is 0.560. The molecule has 0 N–H and O–H groups in total. The van der Waals surface area contributed by atoms with Crippen molar-refractivity contribution in [2.75, 3.05) is 25.4 Å². The Morgan fingerprint density at radius 2 is 1.56 bits per heavy atom. The van der Waals surface area contributed by atoms with Crippen molar-refractivity contribution in [2.24, 2.45) is 10.8 Å². The zero-order chi connectivity index (χ0) is 11.6. The Morgan fingerprint density at radius 3 is 2.06 bits per heavy atom. The fourth-order valence-corrected chi connectivity index (χ4v) is 3.70. The summed E-state index contributed by atoms with van der Waals surface area (Å²) < 4.78 is 0. The van der Waals surface area contributed by atoms with E-state index < -0.39 is 0 Å². The first-order valence-electron chi connectivity index (χ1n) is 6.89. The minimum atomic E-state index is 0.560. The normalized spacial score (nSPS) is 29.4. The summed E-state index contributed by atoms with van der Waals surface area (Å²) in [4.78, 5) is 2.70. The summed E-state index contributed by atoms with van der Waals surface area (Å²) in [6, 6.07) is 0. The molecular formula is C14H27NS. The SMILES string of the molecule is CC1(C)CCN(CC2(CS)CCCC2)CC1. The maximum absolute atomic E-state index is 4.61. The highest BCUT2D eigenvalue weighted by molar-refractivity contribution is 7.80. The van der Waals surface area contributed by atoms with Crippen molar-refractivity contribution in [3.63, 3.8) is 0 Å². The maximum Gasteiger partial charge on any atom is 0.00458 e. The van der Waals surface area contributed by atoms with Crippen LogP contribution in [0, 0.1) is 10.8 Å². The molecule has 0 unspecified atom stereocenters. The molecule has 1 nitrogen and oxygen atoms in total. The first-order valence-corrected chi connectivity index (χ1v) is 7.52. The van der Waals surface area contributed by atoms with Crippen molar-refractivity contribution < 1.29 is 0 Å². The molecule has 1 heterocycles. The van der Waals surface area contributed by atoms with Crippen molar-refractivity contribution in [2.45, 2.75) is 52.4 Å². The van der Waals surface area contributed by atoms with Gasteiger partial charge in [0.15, 0.2) is 0 Å². The van der Waals surface area contributed by atoms with Crippen LogP contribution in [0.1, 0.15) is 52.4 Å². The summed E-state index contributed by atoms with van der Waals surface area (Å²) in [5.41, 5.74) is 1.14. The average Bonchev–Trinajstić information content (AvgIpc) is 2.71. The Kier molecular flexibility index (Phi) is 3.90. The third kappa shape index (κ3) is 2.95. The van der Waals surface area contributed by atoms with E-state index in [0.717, 1.165) is 5.75 Å². The summed E-state index contributed by atoms with van der Waals surface area (Å²) in [5.74, 6) is 1.09. The molecule has 0 radical (unpaired) electrons. The Bertz CT molecular complexity index is 221. The van der Waals surface area contributed by atoms with Gasteiger partial charge in [0.05, 0.1) is 0 Å². The largest absolute Gasteiger partial charge is 0.303 e. The van der Waals surface area contributed by atoms with Crippen LogP contribution >= 0.6 is 12.6 Å². The number of nitrogens with zero attached hydrogens (tertiary/aromatic N) is 1. The number of thiol groups is 1. The van der Waals surface area contributed by atoms with Crippen LogP contribution in [0.25, 0.3) is 0 Å². The lowest BCUT2D eigenvalue weighted by molar-refractivity contribution is 0.0925. The van der Waals surface area contributed by atoms with Crippen LogP contribution < -0.4 is 0 Å². The van der Waals surface area contributed by atoms with Gasteiger partial charge in [-0.2, -0.15) is 12.6 Å². The molecular weight excluding hydrogens is 214 g/mol. The molecule has 2 aliphatic rings. The molecule has 94 valence electrons. The molecule has 0 amide bonds. The molecule has 2 heteroatoms. The second-order valence-corrected chi connectivity index (χ2v) is 7.12. The smallest absolute Gasteiger partial charge is 0.00458 e. The highest BCUT2D eigenvalue weighted by Gasteiger charge is 2.36. The van der Waals surface area contributed by atoms with E-state index >= 15 is 0 Å². The third-order valence-corrected chi connectivity index (χ3v) is 5.44. The predicted molar refractivity (Wildman–Crippen MR) is 74.2 cm³/mol. The molecule has 0 aromatic rings. The zero-order valence-electron chi connectivity index (χ0n) is 11.0. The summed E-state index contributed by atoms with van der Waals surface area (Å²) in [6.45, 7) is 8.75. The van der Waals surface area contributed by atoms with Gasteiger partial charge in [-0.3, -0.25) is 0 Å². The molecule has 0 aromatic carbocycles. The number of piperidine rings is 1. The topological polar surface area (TPSA) is 3.24 Å². The fourth-order valence-electron chi connectivity index (χ4n) is 3.28. The monoisotopic (exact) mass is 241 g/mol.